The molecular formula is C13H11ClN2O4S. The molecule has 1 aromatic carbocycles. The van der Waals surface area contributed by atoms with Crippen molar-refractivity contribution < 1.29 is 14.8 Å². The van der Waals surface area contributed by atoms with Gasteiger partial charge in [0.2, 0.25) is 0 Å². The van der Waals surface area contributed by atoms with Crippen LogP contribution in [0.1, 0.15) is 15.9 Å². The van der Waals surface area contributed by atoms with Crippen molar-refractivity contribution in [1.29, 1.82) is 0 Å². The van der Waals surface area contributed by atoms with E-state index in [0.717, 1.165) is 17.7 Å². The maximum Gasteiger partial charge on any atom is 0.338 e. The van der Waals surface area contributed by atoms with E-state index in [2.05, 4.69) is 0 Å². The fraction of sp³-hybridized carbons (Fsp3) is 0.154. The standard InChI is InChI=1S/C13H11ClN2O4S/c1-15(6-8-2-3-21-7-8)12-10(13(17)18)4-9(16(19)20)5-11(12)14/h2-5,7H,6H2,1H3,(H,17,18). The summed E-state index contributed by atoms with van der Waals surface area (Å²) in [5.41, 5.74) is 0.742. The highest BCUT2D eigenvalue weighted by atomic mass is 35.5. The van der Waals surface area contributed by atoms with Crippen molar-refractivity contribution in [3.63, 3.8) is 0 Å². The van der Waals surface area contributed by atoms with Gasteiger partial charge in [-0.1, -0.05) is 11.6 Å². The van der Waals surface area contributed by atoms with E-state index >= 15 is 0 Å². The number of thiophene rings is 1. The average Bonchev–Trinajstić information content (AvgIpc) is 2.90. The molecule has 0 amide bonds. The van der Waals surface area contributed by atoms with Crippen LogP contribution in [0, 0.1) is 10.1 Å². The SMILES string of the molecule is CN(Cc1ccsc1)c1c(Cl)cc([N+](=O)[O-])cc1C(=O)O. The third-order valence-corrected chi connectivity index (χ3v) is 3.89. The fourth-order valence-corrected chi connectivity index (χ4v) is 2.99. The molecule has 2 aromatic rings. The molecule has 2 rings (SSSR count). The minimum absolute atomic E-state index is 0.0410. The summed E-state index contributed by atoms with van der Waals surface area (Å²) < 4.78 is 0. The van der Waals surface area contributed by atoms with E-state index in [1.54, 1.807) is 11.9 Å². The van der Waals surface area contributed by atoms with E-state index in [-0.39, 0.29) is 22.0 Å². The van der Waals surface area contributed by atoms with Gasteiger partial charge in [0, 0.05) is 25.7 Å². The Hall–Kier alpha value is -2.12. The van der Waals surface area contributed by atoms with Crippen molar-refractivity contribution in [3.05, 3.63) is 55.2 Å². The molecule has 1 N–H and O–H groups in total. The number of nitrogens with zero attached hydrogens (tertiary/aromatic N) is 2. The minimum atomic E-state index is -1.26. The van der Waals surface area contributed by atoms with Crippen LogP contribution in [-0.2, 0) is 6.54 Å². The number of non-ortho nitro benzene ring substituents is 1. The fourth-order valence-electron chi connectivity index (χ4n) is 1.98. The summed E-state index contributed by atoms with van der Waals surface area (Å²) in [4.78, 5) is 23.2. The van der Waals surface area contributed by atoms with Gasteiger partial charge in [0.05, 0.1) is 21.2 Å². The molecule has 21 heavy (non-hydrogen) atoms. The van der Waals surface area contributed by atoms with Crippen LogP contribution in [0.3, 0.4) is 0 Å². The molecule has 6 nitrogen and oxygen atoms in total. The number of halogens is 1. The van der Waals surface area contributed by atoms with Gasteiger partial charge in [-0.25, -0.2) is 4.79 Å². The number of benzene rings is 1. The van der Waals surface area contributed by atoms with Gasteiger partial charge in [-0.15, -0.1) is 0 Å². The highest BCUT2D eigenvalue weighted by molar-refractivity contribution is 7.07. The first kappa shape index (κ1) is 15.3. The van der Waals surface area contributed by atoms with Crippen LogP contribution in [0.4, 0.5) is 11.4 Å². The molecule has 110 valence electrons. The smallest absolute Gasteiger partial charge is 0.338 e. The summed E-state index contributed by atoms with van der Waals surface area (Å²) in [5, 5.41) is 24.0. The number of carboxylic acid groups (broad SMARTS) is 1. The van der Waals surface area contributed by atoms with Crippen LogP contribution in [0.2, 0.25) is 5.02 Å². The summed E-state index contributed by atoms with van der Waals surface area (Å²) in [5.74, 6) is -1.26. The lowest BCUT2D eigenvalue weighted by Crippen LogP contribution is -2.20. The second-order valence-corrected chi connectivity index (χ2v) is 5.56. The van der Waals surface area contributed by atoms with Gasteiger partial charge >= 0.3 is 5.97 Å². The zero-order valence-corrected chi connectivity index (χ0v) is 12.5. The van der Waals surface area contributed by atoms with Gasteiger partial charge in [-0.05, 0) is 22.4 Å². The molecule has 0 unspecified atom stereocenters. The maximum absolute atomic E-state index is 11.3. The number of aromatic carboxylic acids is 1. The predicted molar refractivity (Wildman–Crippen MR) is 81.5 cm³/mol. The zero-order chi connectivity index (χ0) is 15.6. The maximum atomic E-state index is 11.3. The molecule has 0 fully saturated rings. The lowest BCUT2D eigenvalue weighted by molar-refractivity contribution is -0.384. The molecule has 0 aliphatic carbocycles. The Morgan fingerprint density at radius 2 is 2.24 bits per heavy atom. The van der Waals surface area contributed by atoms with Crippen LogP contribution in [0.5, 0.6) is 0 Å². The van der Waals surface area contributed by atoms with Crippen molar-refractivity contribution in [3.8, 4) is 0 Å². The van der Waals surface area contributed by atoms with Crippen LogP contribution in [0.15, 0.2) is 29.0 Å². The zero-order valence-electron chi connectivity index (χ0n) is 10.9. The Kier molecular flexibility index (Phi) is 4.44. The molecule has 1 heterocycles. The molecular weight excluding hydrogens is 316 g/mol. The van der Waals surface area contributed by atoms with Crippen molar-refractivity contribution in [2.24, 2.45) is 0 Å². The number of anilines is 1. The molecule has 0 atom stereocenters. The molecule has 0 radical (unpaired) electrons. The first-order chi connectivity index (χ1) is 9.90. The Morgan fingerprint density at radius 3 is 2.76 bits per heavy atom. The van der Waals surface area contributed by atoms with E-state index in [1.807, 2.05) is 16.8 Å². The van der Waals surface area contributed by atoms with Gasteiger partial charge in [-0.2, -0.15) is 11.3 Å². The largest absolute Gasteiger partial charge is 0.478 e. The van der Waals surface area contributed by atoms with Crippen molar-refractivity contribution in [1.82, 2.24) is 0 Å². The highest BCUT2D eigenvalue weighted by Gasteiger charge is 2.22. The first-order valence-corrected chi connectivity index (χ1v) is 7.15. The Morgan fingerprint density at radius 1 is 1.52 bits per heavy atom. The quantitative estimate of drug-likeness (QED) is 0.669. The second kappa shape index (κ2) is 6.11. The van der Waals surface area contributed by atoms with Crippen LogP contribution in [-0.4, -0.2) is 23.0 Å². The van der Waals surface area contributed by atoms with E-state index in [1.165, 1.54) is 11.3 Å². The van der Waals surface area contributed by atoms with Crippen LogP contribution >= 0.6 is 22.9 Å². The molecule has 1 aromatic heterocycles. The second-order valence-electron chi connectivity index (χ2n) is 4.37. The van der Waals surface area contributed by atoms with E-state index in [9.17, 15) is 20.0 Å². The normalized spacial score (nSPS) is 10.4. The monoisotopic (exact) mass is 326 g/mol. The molecule has 0 aliphatic rings. The van der Waals surface area contributed by atoms with Crippen molar-refractivity contribution in [2.45, 2.75) is 6.54 Å². The van der Waals surface area contributed by atoms with Gasteiger partial charge in [-0.3, -0.25) is 10.1 Å². The number of nitro groups is 1. The Balaban J connectivity index is 2.46. The topological polar surface area (TPSA) is 83.7 Å². The predicted octanol–water partition coefficient (Wildman–Crippen LogP) is 3.64. The van der Waals surface area contributed by atoms with Gasteiger partial charge < -0.3 is 10.0 Å². The molecule has 8 heteroatoms. The van der Waals surface area contributed by atoms with Crippen LogP contribution < -0.4 is 4.90 Å². The van der Waals surface area contributed by atoms with E-state index in [4.69, 9.17) is 11.6 Å². The lowest BCUT2D eigenvalue weighted by atomic mass is 10.1. The summed E-state index contributed by atoms with van der Waals surface area (Å²) in [6.07, 6.45) is 0. The molecule has 0 saturated heterocycles. The summed E-state index contributed by atoms with van der Waals surface area (Å²) in [7, 11) is 1.69. The van der Waals surface area contributed by atoms with Gasteiger partial charge in [0.1, 0.15) is 0 Å². The Bertz CT molecular complexity index is 688. The molecule has 0 aliphatic heterocycles. The van der Waals surface area contributed by atoms with E-state index in [0.29, 0.717) is 6.54 Å². The number of rotatable bonds is 5. The molecule has 0 bridgehead atoms. The average molecular weight is 327 g/mol. The number of hydrogen-bond acceptors (Lipinski definition) is 5. The van der Waals surface area contributed by atoms with Crippen molar-refractivity contribution in [2.75, 3.05) is 11.9 Å². The Labute approximate surface area is 129 Å². The van der Waals surface area contributed by atoms with E-state index < -0.39 is 10.9 Å². The summed E-state index contributed by atoms with van der Waals surface area (Å²) >= 11 is 7.58. The number of nitro benzene ring substituents is 1. The summed E-state index contributed by atoms with van der Waals surface area (Å²) in [6, 6.07) is 4.10. The van der Waals surface area contributed by atoms with Crippen LogP contribution in [0.25, 0.3) is 0 Å². The molecule has 0 saturated carbocycles. The third-order valence-electron chi connectivity index (χ3n) is 2.87. The first-order valence-electron chi connectivity index (χ1n) is 5.83. The lowest BCUT2D eigenvalue weighted by Gasteiger charge is -2.22. The van der Waals surface area contributed by atoms with Gasteiger partial charge in [0.25, 0.3) is 5.69 Å². The minimum Gasteiger partial charge on any atom is -0.478 e. The third kappa shape index (κ3) is 3.32. The number of hydrogen-bond donors (Lipinski definition) is 1. The van der Waals surface area contributed by atoms with Gasteiger partial charge in [0.15, 0.2) is 0 Å². The highest BCUT2D eigenvalue weighted by Crippen LogP contribution is 2.34. The number of carbonyl (C=O) groups is 1. The molecule has 0 spiro atoms. The number of carboxylic acids is 1. The van der Waals surface area contributed by atoms with Crippen molar-refractivity contribution >= 4 is 40.3 Å². The summed E-state index contributed by atoms with van der Waals surface area (Å²) in [6.45, 7) is 0.460.